The molecule has 0 nitrogen and oxygen atoms in total. The van der Waals surface area contributed by atoms with Gasteiger partial charge in [0, 0.05) is 61.7 Å². The zero-order valence-electron chi connectivity index (χ0n) is 24.8. The average Bonchev–Trinajstić information content (AvgIpc) is 3.73. The summed E-state index contributed by atoms with van der Waals surface area (Å²) < 4.78 is 6.75. The van der Waals surface area contributed by atoms with Crippen molar-refractivity contribution in [1.29, 1.82) is 0 Å². The SMILES string of the molecule is C1=CCc2sc3c(-c4cc(-c5cccc6c5sc5ccccc56)cc(-c5cccc6c5sc5ccccc56)c4)cccc3c2C=C1. The van der Waals surface area contributed by atoms with E-state index in [1.165, 1.54) is 94.3 Å². The Labute approximate surface area is 278 Å². The minimum absolute atomic E-state index is 0.980. The average molecular weight is 639 g/mol. The van der Waals surface area contributed by atoms with Gasteiger partial charge in [-0.3, -0.25) is 0 Å². The Morgan fingerprint density at radius 2 is 0.891 bits per heavy atom. The molecule has 10 rings (SSSR count). The first-order valence-corrected chi connectivity index (χ1v) is 18.1. The second-order valence-corrected chi connectivity index (χ2v) is 15.2. The molecule has 3 aromatic heterocycles. The highest BCUT2D eigenvalue weighted by atomic mass is 32.1. The van der Waals surface area contributed by atoms with E-state index in [-0.39, 0.29) is 0 Å². The van der Waals surface area contributed by atoms with Crippen molar-refractivity contribution in [3.8, 4) is 33.4 Å². The quantitative estimate of drug-likeness (QED) is 0.181. The van der Waals surface area contributed by atoms with Crippen molar-refractivity contribution in [3.63, 3.8) is 0 Å². The van der Waals surface area contributed by atoms with Gasteiger partial charge in [-0.2, -0.15) is 0 Å². The van der Waals surface area contributed by atoms with Crippen LogP contribution in [0, 0.1) is 0 Å². The molecule has 0 saturated carbocycles. The molecule has 0 radical (unpaired) electrons. The lowest BCUT2D eigenvalue weighted by molar-refractivity contribution is 1.35. The number of thiophene rings is 3. The number of fused-ring (bicyclic) bond motifs is 9. The predicted molar refractivity (Wildman–Crippen MR) is 206 cm³/mol. The second kappa shape index (κ2) is 10.4. The van der Waals surface area contributed by atoms with Gasteiger partial charge in [-0.05, 0) is 69.3 Å². The maximum atomic E-state index is 2.43. The Hall–Kier alpha value is -4.80. The van der Waals surface area contributed by atoms with Gasteiger partial charge in [0.15, 0.2) is 0 Å². The molecule has 0 saturated heterocycles. The van der Waals surface area contributed by atoms with Gasteiger partial charge in [0.1, 0.15) is 0 Å². The first kappa shape index (κ1) is 26.4. The maximum absolute atomic E-state index is 2.43. The zero-order chi connectivity index (χ0) is 30.2. The van der Waals surface area contributed by atoms with Crippen LogP contribution in [0.15, 0.2) is 140 Å². The van der Waals surface area contributed by atoms with Crippen molar-refractivity contribution in [3.05, 3.63) is 150 Å². The predicted octanol–water partition coefficient (Wildman–Crippen LogP) is 13.8. The van der Waals surface area contributed by atoms with Crippen molar-refractivity contribution in [1.82, 2.24) is 0 Å². The van der Waals surface area contributed by atoms with Gasteiger partial charge in [0.2, 0.25) is 0 Å². The number of benzene rings is 6. The molecule has 1 aliphatic carbocycles. The van der Waals surface area contributed by atoms with Crippen molar-refractivity contribution in [2.45, 2.75) is 6.42 Å². The zero-order valence-corrected chi connectivity index (χ0v) is 27.2. The molecule has 216 valence electrons. The van der Waals surface area contributed by atoms with Crippen LogP contribution in [-0.2, 0) is 6.42 Å². The molecule has 3 heteroatoms. The highest BCUT2D eigenvalue weighted by Gasteiger charge is 2.18. The van der Waals surface area contributed by atoms with E-state index in [1.807, 2.05) is 34.0 Å². The molecule has 0 amide bonds. The Morgan fingerprint density at radius 1 is 0.413 bits per heavy atom. The third kappa shape index (κ3) is 4.03. The van der Waals surface area contributed by atoms with Crippen molar-refractivity contribution in [2.24, 2.45) is 0 Å². The monoisotopic (exact) mass is 638 g/mol. The highest BCUT2D eigenvalue weighted by Crippen LogP contribution is 2.46. The van der Waals surface area contributed by atoms with Crippen LogP contribution in [0.3, 0.4) is 0 Å². The van der Waals surface area contributed by atoms with Crippen molar-refractivity contribution < 1.29 is 0 Å². The lowest BCUT2D eigenvalue weighted by atomic mass is 9.91. The molecule has 0 atom stereocenters. The van der Waals surface area contributed by atoms with Gasteiger partial charge in [-0.15, -0.1) is 34.0 Å². The molecule has 0 N–H and O–H groups in total. The topological polar surface area (TPSA) is 0 Å². The van der Waals surface area contributed by atoms with Gasteiger partial charge in [0.25, 0.3) is 0 Å². The van der Waals surface area contributed by atoms with E-state index < -0.39 is 0 Å². The van der Waals surface area contributed by atoms with E-state index >= 15 is 0 Å². The van der Waals surface area contributed by atoms with E-state index in [4.69, 9.17) is 0 Å². The largest absolute Gasteiger partial charge is 0.139 e. The van der Waals surface area contributed by atoms with E-state index in [0.29, 0.717) is 0 Å². The second-order valence-electron chi connectivity index (χ2n) is 12.0. The fourth-order valence-corrected chi connectivity index (χ4v) is 11.0. The van der Waals surface area contributed by atoms with E-state index in [2.05, 4.69) is 146 Å². The molecule has 46 heavy (non-hydrogen) atoms. The molecular formula is C43H26S3. The summed E-state index contributed by atoms with van der Waals surface area (Å²) in [7, 11) is 0. The Bertz CT molecular complexity index is 2590. The number of hydrogen-bond acceptors (Lipinski definition) is 3. The standard InChI is InChI=1S/C43H26S3/c1-2-11-32-35-17-8-14-29(41(35)44-38(32)20-3-1)26-23-27(30-15-9-18-36-33-12-4-6-21-39(33)45-42(30)36)25-28(24-26)31-16-10-19-37-34-13-5-7-22-40(34)46-43(31)37/h1-19,21-25H,20H2. The molecule has 0 spiro atoms. The summed E-state index contributed by atoms with van der Waals surface area (Å²) in [6.45, 7) is 0. The van der Waals surface area contributed by atoms with E-state index in [1.54, 1.807) is 0 Å². The minimum atomic E-state index is 0.980. The highest BCUT2D eigenvalue weighted by molar-refractivity contribution is 7.26. The Balaban J connectivity index is 1.27. The van der Waals surface area contributed by atoms with Crippen LogP contribution in [0.4, 0.5) is 0 Å². The lowest BCUT2D eigenvalue weighted by Crippen LogP contribution is -1.87. The van der Waals surface area contributed by atoms with Crippen molar-refractivity contribution >= 4 is 90.5 Å². The van der Waals surface area contributed by atoms with Crippen LogP contribution in [0.2, 0.25) is 0 Å². The van der Waals surface area contributed by atoms with Gasteiger partial charge in [-0.25, -0.2) is 0 Å². The summed E-state index contributed by atoms with van der Waals surface area (Å²) in [4.78, 5) is 1.44. The van der Waals surface area contributed by atoms with E-state index in [0.717, 1.165) is 6.42 Å². The third-order valence-corrected chi connectivity index (χ3v) is 13.0. The first-order chi connectivity index (χ1) is 22.8. The number of hydrogen-bond donors (Lipinski definition) is 0. The fraction of sp³-hybridized carbons (Fsp3) is 0.0233. The lowest BCUT2D eigenvalue weighted by Gasteiger charge is -2.13. The molecule has 9 aromatic rings. The number of rotatable bonds is 3. The molecule has 0 bridgehead atoms. The van der Waals surface area contributed by atoms with Crippen LogP contribution < -0.4 is 0 Å². The van der Waals surface area contributed by atoms with Crippen LogP contribution in [-0.4, -0.2) is 0 Å². The van der Waals surface area contributed by atoms with Gasteiger partial charge >= 0.3 is 0 Å². The summed E-state index contributed by atoms with van der Waals surface area (Å²) in [6, 6.07) is 45.4. The maximum Gasteiger partial charge on any atom is 0.0433 e. The Kier molecular flexibility index (Phi) is 5.95. The van der Waals surface area contributed by atoms with Crippen molar-refractivity contribution in [2.75, 3.05) is 0 Å². The Morgan fingerprint density at radius 3 is 1.46 bits per heavy atom. The molecule has 0 aliphatic heterocycles. The molecule has 3 heterocycles. The molecule has 6 aromatic carbocycles. The van der Waals surface area contributed by atoms with Crippen LogP contribution >= 0.6 is 34.0 Å². The molecular weight excluding hydrogens is 613 g/mol. The summed E-state index contributed by atoms with van der Waals surface area (Å²) in [6.07, 6.45) is 9.89. The molecule has 0 fully saturated rings. The summed E-state index contributed by atoms with van der Waals surface area (Å²) in [5, 5.41) is 6.69. The van der Waals surface area contributed by atoms with Crippen LogP contribution in [0.1, 0.15) is 10.4 Å². The number of allylic oxidation sites excluding steroid dienone is 3. The summed E-state index contributed by atoms with van der Waals surface area (Å²) in [5.41, 5.74) is 9.07. The summed E-state index contributed by atoms with van der Waals surface area (Å²) in [5.74, 6) is 0. The molecule has 1 aliphatic rings. The third-order valence-electron chi connectivity index (χ3n) is 9.32. The van der Waals surface area contributed by atoms with Gasteiger partial charge in [-0.1, -0.05) is 115 Å². The van der Waals surface area contributed by atoms with Gasteiger partial charge in [0.05, 0.1) is 0 Å². The van der Waals surface area contributed by atoms with Gasteiger partial charge < -0.3 is 0 Å². The summed E-state index contributed by atoms with van der Waals surface area (Å²) >= 11 is 5.76. The first-order valence-electron chi connectivity index (χ1n) is 15.6. The van der Waals surface area contributed by atoms with E-state index in [9.17, 15) is 0 Å². The van der Waals surface area contributed by atoms with Crippen LogP contribution in [0.5, 0.6) is 0 Å². The smallest absolute Gasteiger partial charge is 0.0433 e. The normalized spacial score (nSPS) is 13.0. The molecule has 0 unspecified atom stereocenters. The van der Waals surface area contributed by atoms with Crippen LogP contribution in [0.25, 0.3) is 89.9 Å². The minimum Gasteiger partial charge on any atom is -0.139 e. The fourth-order valence-electron chi connectivity index (χ4n) is 7.20.